The van der Waals surface area contributed by atoms with Crippen molar-refractivity contribution >= 4 is 5.69 Å². The Hall–Kier alpha value is -2.83. The van der Waals surface area contributed by atoms with Gasteiger partial charge in [0.2, 0.25) is 5.82 Å². The highest BCUT2D eigenvalue weighted by atomic mass is 16.5. The molecule has 0 aliphatic carbocycles. The van der Waals surface area contributed by atoms with Crippen molar-refractivity contribution in [1.82, 2.24) is 25.1 Å². The lowest BCUT2D eigenvalue weighted by molar-refractivity contribution is 0.432. The summed E-state index contributed by atoms with van der Waals surface area (Å²) >= 11 is 0. The maximum atomic E-state index is 5.64. The molecule has 0 atom stereocenters. The Kier molecular flexibility index (Phi) is 2.41. The molecule has 0 saturated heterocycles. The van der Waals surface area contributed by atoms with E-state index < -0.39 is 0 Å². The van der Waals surface area contributed by atoms with E-state index in [2.05, 4.69) is 25.1 Å². The predicted molar refractivity (Wildman–Crippen MR) is 63.0 cm³/mol. The van der Waals surface area contributed by atoms with Gasteiger partial charge in [-0.3, -0.25) is 9.97 Å². The molecule has 0 saturated carbocycles. The van der Waals surface area contributed by atoms with Crippen molar-refractivity contribution in [2.75, 3.05) is 5.73 Å². The van der Waals surface area contributed by atoms with Crippen LogP contribution in [0.15, 0.2) is 41.6 Å². The topological polar surface area (TPSA) is 104 Å². The van der Waals surface area contributed by atoms with Crippen LogP contribution in [-0.2, 0) is 0 Å². The first-order valence-electron chi connectivity index (χ1n) is 5.14. The fraction of sp³-hybridized carbons (Fsp3) is 0. The molecule has 3 heterocycles. The highest BCUT2D eigenvalue weighted by Gasteiger charge is 2.11. The molecule has 0 amide bonds. The van der Waals surface area contributed by atoms with E-state index >= 15 is 0 Å². The number of hydrogen-bond donors (Lipinski definition) is 1. The summed E-state index contributed by atoms with van der Waals surface area (Å²) < 4.78 is 5.14. The fourth-order valence-corrected chi connectivity index (χ4v) is 1.43. The first-order chi connectivity index (χ1) is 8.83. The molecule has 3 aromatic heterocycles. The second-order valence-corrected chi connectivity index (χ2v) is 3.52. The number of hydrogen-bond acceptors (Lipinski definition) is 7. The van der Waals surface area contributed by atoms with E-state index in [1.807, 2.05) is 0 Å². The largest absolute Gasteiger partial charge is 0.397 e. The van der Waals surface area contributed by atoms with Crippen LogP contribution in [-0.4, -0.2) is 25.1 Å². The zero-order valence-corrected chi connectivity index (χ0v) is 9.19. The molecule has 0 aromatic carbocycles. The molecule has 18 heavy (non-hydrogen) atoms. The zero-order chi connectivity index (χ0) is 12.4. The summed E-state index contributed by atoms with van der Waals surface area (Å²) in [6.07, 6.45) is 7.85. The lowest BCUT2D eigenvalue weighted by Crippen LogP contribution is -1.88. The number of rotatable bonds is 2. The average Bonchev–Trinajstić information content (AvgIpc) is 2.89. The molecule has 3 rings (SSSR count). The Labute approximate surface area is 102 Å². The van der Waals surface area contributed by atoms with Crippen molar-refractivity contribution in [1.29, 1.82) is 0 Å². The molecule has 0 aliphatic heterocycles. The Morgan fingerprint density at radius 1 is 1.06 bits per heavy atom. The quantitative estimate of drug-likeness (QED) is 0.716. The number of anilines is 1. The van der Waals surface area contributed by atoms with Gasteiger partial charge in [0.1, 0.15) is 5.69 Å². The Morgan fingerprint density at radius 2 is 2.00 bits per heavy atom. The third-order valence-electron chi connectivity index (χ3n) is 2.22. The number of aromatic nitrogens is 5. The van der Waals surface area contributed by atoms with Gasteiger partial charge in [0, 0.05) is 24.8 Å². The number of nitrogens with two attached hydrogens (primary N) is 1. The van der Waals surface area contributed by atoms with Gasteiger partial charge in [0.25, 0.3) is 5.89 Å². The number of nitrogen functional groups attached to an aromatic ring is 1. The van der Waals surface area contributed by atoms with Crippen molar-refractivity contribution < 1.29 is 4.52 Å². The van der Waals surface area contributed by atoms with E-state index in [0.29, 0.717) is 28.7 Å². The van der Waals surface area contributed by atoms with E-state index in [1.54, 1.807) is 37.1 Å². The van der Waals surface area contributed by atoms with Crippen molar-refractivity contribution in [3.63, 3.8) is 0 Å². The normalized spacial score (nSPS) is 10.4. The van der Waals surface area contributed by atoms with Crippen molar-refractivity contribution in [3.05, 3.63) is 37.1 Å². The van der Waals surface area contributed by atoms with Crippen LogP contribution in [0.25, 0.3) is 23.0 Å². The van der Waals surface area contributed by atoms with E-state index in [0.717, 1.165) is 0 Å². The highest BCUT2D eigenvalue weighted by Crippen LogP contribution is 2.21. The monoisotopic (exact) mass is 240 g/mol. The second kappa shape index (κ2) is 4.21. The lowest BCUT2D eigenvalue weighted by Gasteiger charge is -1.94. The molecule has 0 unspecified atom stereocenters. The van der Waals surface area contributed by atoms with Crippen LogP contribution in [0.4, 0.5) is 5.69 Å². The Bertz CT molecular complexity index is 666. The molecular formula is C11H8N6O. The standard InChI is InChI=1S/C11H8N6O/c12-8-3-7(4-14-5-8)11-16-10(17-18-11)9-6-13-1-2-15-9/h1-6H,12H2. The Morgan fingerprint density at radius 3 is 2.78 bits per heavy atom. The van der Waals surface area contributed by atoms with E-state index in [4.69, 9.17) is 10.3 Å². The molecule has 0 spiro atoms. The highest BCUT2D eigenvalue weighted by molar-refractivity contribution is 5.59. The fourth-order valence-electron chi connectivity index (χ4n) is 1.43. The van der Waals surface area contributed by atoms with Crippen LogP contribution in [0.1, 0.15) is 0 Å². The summed E-state index contributed by atoms with van der Waals surface area (Å²) in [5, 5.41) is 3.84. The molecule has 2 N–H and O–H groups in total. The van der Waals surface area contributed by atoms with Gasteiger partial charge >= 0.3 is 0 Å². The Balaban J connectivity index is 2.00. The van der Waals surface area contributed by atoms with E-state index in [1.165, 1.54) is 0 Å². The molecule has 7 heteroatoms. The van der Waals surface area contributed by atoms with Crippen molar-refractivity contribution in [2.24, 2.45) is 0 Å². The smallest absolute Gasteiger partial charge is 0.259 e. The molecular weight excluding hydrogens is 232 g/mol. The molecule has 88 valence electrons. The van der Waals surface area contributed by atoms with Crippen LogP contribution >= 0.6 is 0 Å². The average molecular weight is 240 g/mol. The van der Waals surface area contributed by atoms with Crippen LogP contribution in [0, 0.1) is 0 Å². The van der Waals surface area contributed by atoms with Gasteiger partial charge in [-0.25, -0.2) is 4.98 Å². The minimum absolute atomic E-state index is 0.343. The van der Waals surface area contributed by atoms with E-state index in [9.17, 15) is 0 Å². The first kappa shape index (κ1) is 10.3. The van der Waals surface area contributed by atoms with Gasteiger partial charge in [-0.1, -0.05) is 5.16 Å². The van der Waals surface area contributed by atoms with Crippen LogP contribution < -0.4 is 5.73 Å². The van der Waals surface area contributed by atoms with Gasteiger partial charge in [0.15, 0.2) is 0 Å². The summed E-state index contributed by atoms with van der Waals surface area (Å²) in [4.78, 5) is 16.2. The molecule has 0 fully saturated rings. The maximum absolute atomic E-state index is 5.64. The third kappa shape index (κ3) is 1.88. The second-order valence-electron chi connectivity index (χ2n) is 3.52. The van der Waals surface area contributed by atoms with Crippen molar-refractivity contribution in [2.45, 2.75) is 0 Å². The lowest BCUT2D eigenvalue weighted by atomic mass is 10.2. The first-order valence-corrected chi connectivity index (χ1v) is 5.14. The van der Waals surface area contributed by atoms with E-state index in [-0.39, 0.29) is 0 Å². The number of nitrogens with zero attached hydrogens (tertiary/aromatic N) is 5. The molecule has 0 bridgehead atoms. The summed E-state index contributed by atoms with van der Waals surface area (Å²) in [5.74, 6) is 0.718. The zero-order valence-electron chi connectivity index (χ0n) is 9.19. The van der Waals surface area contributed by atoms with Gasteiger partial charge in [0.05, 0.1) is 17.4 Å². The molecule has 0 radical (unpaired) electrons. The summed E-state index contributed by atoms with van der Waals surface area (Å²) in [5.41, 5.74) is 7.38. The van der Waals surface area contributed by atoms with Crippen LogP contribution in [0.2, 0.25) is 0 Å². The van der Waals surface area contributed by atoms with Gasteiger partial charge < -0.3 is 10.3 Å². The SMILES string of the molecule is Nc1cncc(-c2nc(-c3cnccn3)no2)c1. The maximum Gasteiger partial charge on any atom is 0.259 e. The molecule has 0 aliphatic rings. The summed E-state index contributed by atoms with van der Waals surface area (Å²) in [6, 6.07) is 1.71. The molecule has 3 aromatic rings. The van der Waals surface area contributed by atoms with Gasteiger partial charge in [-0.15, -0.1) is 0 Å². The summed E-state index contributed by atoms with van der Waals surface area (Å²) in [6.45, 7) is 0. The summed E-state index contributed by atoms with van der Waals surface area (Å²) in [7, 11) is 0. The van der Waals surface area contributed by atoms with Crippen LogP contribution in [0.3, 0.4) is 0 Å². The molecule has 7 nitrogen and oxygen atoms in total. The minimum atomic E-state index is 0.343. The van der Waals surface area contributed by atoms with Gasteiger partial charge in [-0.2, -0.15) is 4.98 Å². The minimum Gasteiger partial charge on any atom is -0.397 e. The number of pyridine rings is 1. The predicted octanol–water partition coefficient (Wildman–Crippen LogP) is 1.17. The van der Waals surface area contributed by atoms with Crippen molar-refractivity contribution in [3.8, 4) is 23.0 Å². The van der Waals surface area contributed by atoms with Crippen LogP contribution in [0.5, 0.6) is 0 Å². The third-order valence-corrected chi connectivity index (χ3v) is 2.22. The van der Waals surface area contributed by atoms with Gasteiger partial charge in [-0.05, 0) is 6.07 Å².